The summed E-state index contributed by atoms with van der Waals surface area (Å²) in [5.41, 5.74) is 1.37. The van der Waals surface area contributed by atoms with Crippen molar-refractivity contribution in [3.63, 3.8) is 0 Å². The summed E-state index contributed by atoms with van der Waals surface area (Å²) in [5.74, 6) is 1.25. The number of hydrogen-bond acceptors (Lipinski definition) is 1. The Balaban J connectivity index is 2.71. The first-order chi connectivity index (χ1) is 6.20. The van der Waals surface area contributed by atoms with Crippen LogP contribution in [0.2, 0.25) is 0 Å². The van der Waals surface area contributed by atoms with Crippen LogP contribution >= 0.6 is 0 Å². The van der Waals surface area contributed by atoms with Gasteiger partial charge in [0.15, 0.2) is 0 Å². The third-order valence-electron chi connectivity index (χ3n) is 2.59. The third-order valence-corrected chi connectivity index (χ3v) is 2.59. The van der Waals surface area contributed by atoms with E-state index in [1.807, 2.05) is 12.4 Å². The second kappa shape index (κ2) is 5.00. The maximum absolute atomic E-state index is 4.29. The molecule has 0 aromatic rings. The van der Waals surface area contributed by atoms with Gasteiger partial charge in [0, 0.05) is 12.4 Å². The molecule has 1 nitrogen and oxygen atoms in total. The van der Waals surface area contributed by atoms with Crippen LogP contribution in [0.3, 0.4) is 0 Å². The number of rotatable bonds is 0. The molecule has 0 radical (unpaired) electrons. The Labute approximate surface area is 81.3 Å². The van der Waals surface area contributed by atoms with E-state index in [2.05, 4.69) is 37.9 Å². The molecule has 0 saturated heterocycles. The van der Waals surface area contributed by atoms with E-state index in [9.17, 15) is 0 Å². The van der Waals surface area contributed by atoms with E-state index in [0.29, 0.717) is 11.8 Å². The molecule has 1 aliphatic rings. The minimum Gasteiger partial charge on any atom is -0.269 e. The number of aliphatic imine (C=N–C) groups is 1. The van der Waals surface area contributed by atoms with Gasteiger partial charge in [0.2, 0.25) is 0 Å². The Morgan fingerprint density at radius 2 is 2.08 bits per heavy atom. The van der Waals surface area contributed by atoms with Crippen LogP contribution in [0, 0.1) is 11.8 Å². The standard InChI is InChI=1S/C12H19N/c1-10-5-4-6-11(2)12(3)9-13-8-7-10/h4-5,8-11H,6-7H2,1-3H3/b5-4-,12-9-,13-8?. The van der Waals surface area contributed by atoms with Gasteiger partial charge in [0.25, 0.3) is 0 Å². The van der Waals surface area contributed by atoms with Crippen molar-refractivity contribution >= 4 is 6.21 Å². The Hall–Kier alpha value is -0.850. The number of hydrogen-bond donors (Lipinski definition) is 0. The van der Waals surface area contributed by atoms with Crippen LogP contribution in [0.15, 0.2) is 28.9 Å². The first-order valence-corrected chi connectivity index (χ1v) is 5.05. The van der Waals surface area contributed by atoms with Gasteiger partial charge in [-0.3, -0.25) is 4.99 Å². The van der Waals surface area contributed by atoms with Crippen LogP contribution < -0.4 is 0 Å². The van der Waals surface area contributed by atoms with Crippen molar-refractivity contribution in [3.8, 4) is 0 Å². The maximum atomic E-state index is 4.29. The second-order valence-corrected chi connectivity index (χ2v) is 3.98. The highest BCUT2D eigenvalue weighted by Crippen LogP contribution is 2.16. The lowest BCUT2D eigenvalue weighted by Crippen LogP contribution is -1.97. The highest BCUT2D eigenvalue weighted by molar-refractivity contribution is 5.58. The molecule has 1 rings (SSSR count). The molecule has 0 aromatic carbocycles. The van der Waals surface area contributed by atoms with Crippen molar-refractivity contribution in [1.29, 1.82) is 0 Å². The molecule has 2 unspecified atom stereocenters. The molecule has 0 aliphatic carbocycles. The molecule has 0 N–H and O–H groups in total. The molecule has 2 atom stereocenters. The highest BCUT2D eigenvalue weighted by atomic mass is 14.7. The van der Waals surface area contributed by atoms with Gasteiger partial charge in [-0.15, -0.1) is 0 Å². The van der Waals surface area contributed by atoms with Crippen LogP contribution in [0.4, 0.5) is 0 Å². The lowest BCUT2D eigenvalue weighted by Gasteiger charge is -2.10. The quantitative estimate of drug-likeness (QED) is 0.501. The van der Waals surface area contributed by atoms with Crippen molar-refractivity contribution in [1.82, 2.24) is 0 Å². The summed E-state index contributed by atoms with van der Waals surface area (Å²) in [6, 6.07) is 0. The zero-order valence-electron chi connectivity index (χ0n) is 8.83. The molecule has 0 amide bonds. The van der Waals surface area contributed by atoms with Gasteiger partial charge in [-0.1, -0.05) is 31.6 Å². The van der Waals surface area contributed by atoms with Crippen LogP contribution in [0.25, 0.3) is 0 Å². The van der Waals surface area contributed by atoms with E-state index < -0.39 is 0 Å². The van der Waals surface area contributed by atoms with E-state index in [-0.39, 0.29) is 0 Å². The van der Waals surface area contributed by atoms with Crippen molar-refractivity contribution in [3.05, 3.63) is 23.9 Å². The Morgan fingerprint density at radius 1 is 1.31 bits per heavy atom. The van der Waals surface area contributed by atoms with E-state index in [1.54, 1.807) is 0 Å². The summed E-state index contributed by atoms with van der Waals surface area (Å²) in [6.45, 7) is 6.63. The fourth-order valence-electron chi connectivity index (χ4n) is 1.30. The van der Waals surface area contributed by atoms with Crippen LogP contribution in [0.1, 0.15) is 33.6 Å². The first-order valence-electron chi connectivity index (χ1n) is 5.05. The molecule has 0 saturated carbocycles. The predicted octanol–water partition coefficient (Wildman–Crippen LogP) is 3.58. The lowest BCUT2D eigenvalue weighted by atomic mass is 9.98. The van der Waals surface area contributed by atoms with Crippen LogP contribution in [0.5, 0.6) is 0 Å². The average molecular weight is 177 g/mol. The molecular formula is C12H19N. The van der Waals surface area contributed by atoms with Gasteiger partial charge in [0.05, 0.1) is 0 Å². The summed E-state index contributed by atoms with van der Waals surface area (Å²) in [5, 5.41) is 0. The van der Waals surface area contributed by atoms with Crippen molar-refractivity contribution < 1.29 is 0 Å². The molecule has 0 fully saturated rings. The second-order valence-electron chi connectivity index (χ2n) is 3.98. The van der Waals surface area contributed by atoms with Gasteiger partial charge in [-0.05, 0) is 31.6 Å². The van der Waals surface area contributed by atoms with Crippen LogP contribution in [-0.2, 0) is 0 Å². The van der Waals surface area contributed by atoms with Gasteiger partial charge in [-0.2, -0.15) is 0 Å². The normalized spacial score (nSPS) is 36.4. The summed E-state index contributed by atoms with van der Waals surface area (Å²) >= 11 is 0. The molecule has 0 bridgehead atoms. The van der Waals surface area contributed by atoms with Crippen molar-refractivity contribution in [2.24, 2.45) is 16.8 Å². The van der Waals surface area contributed by atoms with Gasteiger partial charge in [-0.25, -0.2) is 0 Å². The maximum Gasteiger partial charge on any atom is 0.0255 e. The van der Waals surface area contributed by atoms with Crippen molar-refractivity contribution in [2.45, 2.75) is 33.6 Å². The van der Waals surface area contributed by atoms with E-state index >= 15 is 0 Å². The Bertz CT molecular complexity index is 236. The van der Waals surface area contributed by atoms with Crippen LogP contribution in [-0.4, -0.2) is 6.21 Å². The molecule has 1 heterocycles. The van der Waals surface area contributed by atoms with E-state index in [0.717, 1.165) is 12.8 Å². The molecule has 13 heavy (non-hydrogen) atoms. The number of nitrogens with zero attached hydrogens (tertiary/aromatic N) is 1. The highest BCUT2D eigenvalue weighted by Gasteiger charge is 2.02. The third kappa shape index (κ3) is 3.58. The summed E-state index contributed by atoms with van der Waals surface area (Å²) in [6.07, 6.45) is 10.8. The Morgan fingerprint density at radius 3 is 2.85 bits per heavy atom. The molecule has 0 aromatic heterocycles. The molecule has 1 heteroatoms. The SMILES string of the molecule is C/C1=C/N=CCC(C)/C=C\CC1C. The zero-order valence-corrected chi connectivity index (χ0v) is 8.83. The minimum atomic E-state index is 0.624. The molecule has 1 aliphatic heterocycles. The fraction of sp³-hybridized carbons (Fsp3) is 0.583. The topological polar surface area (TPSA) is 12.4 Å². The fourth-order valence-corrected chi connectivity index (χ4v) is 1.30. The van der Waals surface area contributed by atoms with Gasteiger partial charge >= 0.3 is 0 Å². The first kappa shape index (κ1) is 10.2. The molecular weight excluding hydrogens is 158 g/mol. The summed E-state index contributed by atoms with van der Waals surface area (Å²) in [7, 11) is 0. The van der Waals surface area contributed by atoms with Gasteiger partial charge in [0.1, 0.15) is 0 Å². The smallest absolute Gasteiger partial charge is 0.0255 e. The number of allylic oxidation sites excluding steroid dienone is 3. The monoisotopic (exact) mass is 177 g/mol. The largest absolute Gasteiger partial charge is 0.269 e. The Kier molecular flexibility index (Phi) is 3.94. The zero-order chi connectivity index (χ0) is 9.68. The lowest BCUT2D eigenvalue weighted by molar-refractivity contribution is 0.680. The predicted molar refractivity (Wildman–Crippen MR) is 59.0 cm³/mol. The minimum absolute atomic E-state index is 0.624. The summed E-state index contributed by atoms with van der Waals surface area (Å²) < 4.78 is 0. The van der Waals surface area contributed by atoms with E-state index in [1.165, 1.54) is 5.57 Å². The van der Waals surface area contributed by atoms with Crippen molar-refractivity contribution in [2.75, 3.05) is 0 Å². The molecule has 0 spiro atoms. The van der Waals surface area contributed by atoms with Gasteiger partial charge < -0.3 is 0 Å². The molecule has 72 valence electrons. The summed E-state index contributed by atoms with van der Waals surface area (Å²) in [4.78, 5) is 4.29. The average Bonchev–Trinajstić information content (AvgIpc) is 2.11. The van der Waals surface area contributed by atoms with E-state index in [4.69, 9.17) is 0 Å².